The Kier molecular flexibility index (Phi) is 6.79. The van der Waals surface area contributed by atoms with Gasteiger partial charge >= 0.3 is 0 Å². The summed E-state index contributed by atoms with van der Waals surface area (Å²) in [6.45, 7) is 0. The Morgan fingerprint density at radius 2 is 1.55 bits per heavy atom. The SMILES string of the molecule is COc1ccc(Sc2cc(Oc3cccc(Cl)c3Cl)c(C#N)c(C#N)c2Cl)cc1. The van der Waals surface area contributed by atoms with Crippen LogP contribution in [0, 0.1) is 22.7 Å². The van der Waals surface area contributed by atoms with Crippen LogP contribution < -0.4 is 9.47 Å². The van der Waals surface area contributed by atoms with Crippen LogP contribution in [0.1, 0.15) is 11.1 Å². The fourth-order valence-electron chi connectivity index (χ4n) is 2.43. The van der Waals surface area contributed by atoms with E-state index in [0.29, 0.717) is 9.92 Å². The highest BCUT2D eigenvalue weighted by atomic mass is 35.5. The van der Waals surface area contributed by atoms with Gasteiger partial charge in [0.1, 0.15) is 40.0 Å². The number of methoxy groups -OCH3 is 1. The van der Waals surface area contributed by atoms with E-state index in [9.17, 15) is 10.5 Å². The lowest BCUT2D eigenvalue weighted by Crippen LogP contribution is -1.95. The number of rotatable bonds is 5. The summed E-state index contributed by atoms with van der Waals surface area (Å²) in [6, 6.07) is 17.8. The first kappa shape index (κ1) is 21.2. The van der Waals surface area contributed by atoms with Gasteiger partial charge in [0.05, 0.1) is 22.7 Å². The van der Waals surface area contributed by atoms with Crippen molar-refractivity contribution >= 4 is 46.6 Å². The second-order valence-electron chi connectivity index (χ2n) is 5.59. The number of nitriles is 2. The quantitative estimate of drug-likeness (QED) is 0.397. The average Bonchev–Trinajstić information content (AvgIpc) is 2.73. The number of benzene rings is 3. The van der Waals surface area contributed by atoms with Crippen LogP contribution in [-0.4, -0.2) is 7.11 Å². The van der Waals surface area contributed by atoms with Crippen LogP contribution in [0.5, 0.6) is 17.2 Å². The summed E-state index contributed by atoms with van der Waals surface area (Å²) in [7, 11) is 1.59. The molecule has 0 saturated carbocycles. The Morgan fingerprint density at radius 1 is 0.862 bits per heavy atom. The summed E-state index contributed by atoms with van der Waals surface area (Å²) in [5.74, 6) is 1.15. The lowest BCUT2D eigenvalue weighted by atomic mass is 10.1. The molecule has 3 aromatic carbocycles. The Labute approximate surface area is 187 Å². The zero-order valence-electron chi connectivity index (χ0n) is 14.9. The van der Waals surface area contributed by atoms with E-state index < -0.39 is 0 Å². The van der Waals surface area contributed by atoms with Crippen LogP contribution in [0.2, 0.25) is 15.1 Å². The number of hydrogen-bond acceptors (Lipinski definition) is 5. The van der Waals surface area contributed by atoms with Crippen LogP contribution in [0.4, 0.5) is 0 Å². The van der Waals surface area contributed by atoms with Crippen molar-refractivity contribution in [1.82, 2.24) is 0 Å². The Morgan fingerprint density at radius 3 is 2.17 bits per heavy atom. The van der Waals surface area contributed by atoms with E-state index >= 15 is 0 Å². The molecule has 0 aliphatic heterocycles. The normalized spacial score (nSPS) is 10.1. The molecule has 0 atom stereocenters. The zero-order valence-corrected chi connectivity index (χ0v) is 18.0. The van der Waals surface area contributed by atoms with Gasteiger partial charge < -0.3 is 9.47 Å². The largest absolute Gasteiger partial charge is 0.497 e. The van der Waals surface area contributed by atoms with Gasteiger partial charge in [-0.1, -0.05) is 52.6 Å². The maximum absolute atomic E-state index is 9.58. The molecule has 4 nitrogen and oxygen atoms in total. The summed E-state index contributed by atoms with van der Waals surface area (Å²) in [6.07, 6.45) is 0. The summed E-state index contributed by atoms with van der Waals surface area (Å²) in [5, 5.41) is 19.8. The molecule has 3 rings (SSSR count). The van der Waals surface area contributed by atoms with Gasteiger partial charge in [0.15, 0.2) is 0 Å². The van der Waals surface area contributed by atoms with Crippen molar-refractivity contribution in [2.75, 3.05) is 7.11 Å². The molecule has 0 radical (unpaired) electrons. The van der Waals surface area contributed by atoms with Crippen LogP contribution in [0.3, 0.4) is 0 Å². The van der Waals surface area contributed by atoms with Gasteiger partial charge in [-0.25, -0.2) is 0 Å². The number of ether oxygens (including phenoxy) is 2. The first-order valence-electron chi connectivity index (χ1n) is 8.09. The molecule has 0 spiro atoms. The molecule has 29 heavy (non-hydrogen) atoms. The summed E-state index contributed by atoms with van der Waals surface area (Å²) in [5.41, 5.74) is 0.0495. The first-order valence-corrected chi connectivity index (χ1v) is 10.0. The average molecular weight is 462 g/mol. The molecule has 0 aliphatic rings. The monoisotopic (exact) mass is 460 g/mol. The summed E-state index contributed by atoms with van der Waals surface area (Å²) < 4.78 is 11.0. The Bertz CT molecular complexity index is 1150. The molecule has 0 amide bonds. The van der Waals surface area contributed by atoms with Crippen molar-refractivity contribution < 1.29 is 9.47 Å². The molecule has 144 valence electrons. The van der Waals surface area contributed by atoms with E-state index in [4.69, 9.17) is 44.3 Å². The Balaban J connectivity index is 2.08. The van der Waals surface area contributed by atoms with E-state index in [2.05, 4.69) is 0 Å². The maximum atomic E-state index is 9.58. The molecule has 0 aromatic heterocycles. The van der Waals surface area contributed by atoms with Gasteiger partial charge in [0.25, 0.3) is 0 Å². The molecule has 0 heterocycles. The van der Waals surface area contributed by atoms with Crippen LogP contribution in [0.15, 0.2) is 58.3 Å². The van der Waals surface area contributed by atoms with Gasteiger partial charge in [-0.15, -0.1) is 0 Å². The molecule has 0 bridgehead atoms. The first-order chi connectivity index (χ1) is 14.0. The third-order valence-electron chi connectivity index (χ3n) is 3.84. The minimum atomic E-state index is 0.0209. The highest BCUT2D eigenvalue weighted by molar-refractivity contribution is 7.99. The third-order valence-corrected chi connectivity index (χ3v) is 6.20. The number of halogens is 3. The molecule has 3 aromatic rings. The van der Waals surface area contributed by atoms with E-state index in [0.717, 1.165) is 10.6 Å². The fourth-order valence-corrected chi connectivity index (χ4v) is 3.95. The van der Waals surface area contributed by atoms with Crippen molar-refractivity contribution in [3.8, 4) is 29.4 Å². The van der Waals surface area contributed by atoms with Gasteiger partial charge in [-0.2, -0.15) is 10.5 Å². The Hall–Kier alpha value is -2.54. The van der Waals surface area contributed by atoms with E-state index in [1.807, 2.05) is 36.4 Å². The molecule has 0 fully saturated rings. The van der Waals surface area contributed by atoms with Gasteiger partial charge in [-0.05, 0) is 42.5 Å². The van der Waals surface area contributed by atoms with Gasteiger partial charge in [0, 0.05) is 9.79 Å². The number of hydrogen-bond donors (Lipinski definition) is 0. The molecule has 0 saturated heterocycles. The van der Waals surface area contributed by atoms with Crippen molar-refractivity contribution in [2.45, 2.75) is 9.79 Å². The number of nitrogens with zero attached hydrogens (tertiary/aromatic N) is 2. The molecule has 0 unspecified atom stereocenters. The molecule has 8 heteroatoms. The van der Waals surface area contributed by atoms with Gasteiger partial charge in [-0.3, -0.25) is 0 Å². The molecular formula is C21H11Cl3N2O2S. The van der Waals surface area contributed by atoms with Crippen LogP contribution >= 0.6 is 46.6 Å². The minimum absolute atomic E-state index is 0.0209. The zero-order chi connectivity index (χ0) is 21.0. The van der Waals surface area contributed by atoms with Crippen molar-refractivity contribution in [3.63, 3.8) is 0 Å². The highest BCUT2D eigenvalue weighted by Gasteiger charge is 2.20. The van der Waals surface area contributed by atoms with Crippen molar-refractivity contribution in [2.24, 2.45) is 0 Å². The van der Waals surface area contributed by atoms with Gasteiger partial charge in [0.2, 0.25) is 0 Å². The molecule has 0 aliphatic carbocycles. The standard InChI is InChI=1S/C21H11Cl3N2O2S/c1-27-12-5-7-13(8-6-12)29-19-9-18(14(10-25)15(11-26)20(19)23)28-17-4-2-3-16(22)21(17)24/h2-9H,1H3. The predicted octanol–water partition coefficient (Wildman–Crippen LogP) is 7.34. The summed E-state index contributed by atoms with van der Waals surface area (Å²) >= 11 is 20.0. The lowest BCUT2D eigenvalue weighted by molar-refractivity contribution is 0.414. The van der Waals surface area contributed by atoms with Crippen LogP contribution in [-0.2, 0) is 0 Å². The maximum Gasteiger partial charge on any atom is 0.147 e. The van der Waals surface area contributed by atoms with E-state index in [1.54, 1.807) is 31.4 Å². The molecule has 0 N–H and O–H groups in total. The lowest BCUT2D eigenvalue weighted by Gasteiger charge is -2.14. The highest BCUT2D eigenvalue weighted by Crippen LogP contribution is 2.43. The third kappa shape index (κ3) is 4.56. The van der Waals surface area contributed by atoms with Crippen LogP contribution in [0.25, 0.3) is 0 Å². The fraction of sp³-hybridized carbons (Fsp3) is 0.0476. The topological polar surface area (TPSA) is 66.0 Å². The van der Waals surface area contributed by atoms with Crippen molar-refractivity contribution in [3.05, 3.63) is 74.7 Å². The minimum Gasteiger partial charge on any atom is -0.497 e. The molecular weight excluding hydrogens is 451 g/mol. The predicted molar refractivity (Wildman–Crippen MR) is 115 cm³/mol. The second-order valence-corrected chi connectivity index (χ2v) is 7.87. The summed E-state index contributed by atoms with van der Waals surface area (Å²) in [4.78, 5) is 1.42. The van der Waals surface area contributed by atoms with E-state index in [1.165, 1.54) is 11.8 Å². The second kappa shape index (κ2) is 9.31. The smallest absolute Gasteiger partial charge is 0.147 e. The van der Waals surface area contributed by atoms with Crippen molar-refractivity contribution in [1.29, 1.82) is 10.5 Å². The van der Waals surface area contributed by atoms with E-state index in [-0.39, 0.29) is 32.7 Å².